The molecule has 0 radical (unpaired) electrons. The lowest BCUT2D eigenvalue weighted by Crippen LogP contribution is -2.52. The molecule has 0 aromatic heterocycles. The van der Waals surface area contributed by atoms with Crippen LogP contribution in [0.3, 0.4) is 0 Å². The number of piperidine rings is 1. The summed E-state index contributed by atoms with van der Waals surface area (Å²) in [5, 5.41) is 3.40. The Hall–Kier alpha value is -2.24. The molecule has 1 atom stereocenters. The fourth-order valence-corrected chi connectivity index (χ4v) is 4.07. The van der Waals surface area contributed by atoms with Gasteiger partial charge in [0.2, 0.25) is 5.91 Å². The van der Waals surface area contributed by atoms with E-state index >= 15 is 0 Å². The van der Waals surface area contributed by atoms with Crippen molar-refractivity contribution >= 4 is 17.6 Å². The summed E-state index contributed by atoms with van der Waals surface area (Å²) >= 11 is 0. The lowest BCUT2D eigenvalue weighted by Gasteiger charge is -2.37. The molecular weight excluding hydrogens is 350 g/mol. The topological polar surface area (TPSA) is 51.2 Å². The Labute approximate surface area is 169 Å². The van der Waals surface area contributed by atoms with Gasteiger partial charge in [0.15, 0.2) is 5.96 Å². The van der Waals surface area contributed by atoms with E-state index < -0.39 is 0 Å². The third-order valence-electron chi connectivity index (χ3n) is 5.63. The predicted molar refractivity (Wildman–Crippen MR) is 116 cm³/mol. The van der Waals surface area contributed by atoms with Gasteiger partial charge in [-0.1, -0.05) is 25.1 Å². The monoisotopic (exact) mass is 385 g/mol. The maximum absolute atomic E-state index is 12.5. The minimum Gasteiger partial charge on any atom is -0.368 e. The smallest absolute Gasteiger partial charge is 0.224 e. The number of anilines is 1. The van der Waals surface area contributed by atoms with Crippen LogP contribution < -0.4 is 10.2 Å². The summed E-state index contributed by atoms with van der Waals surface area (Å²) in [6, 6.07) is 10.6. The Bertz CT molecular complexity index is 640. The molecule has 2 heterocycles. The third kappa shape index (κ3) is 5.63. The summed E-state index contributed by atoms with van der Waals surface area (Å²) in [4.78, 5) is 24.0. The Morgan fingerprint density at radius 3 is 2.54 bits per heavy atom. The van der Waals surface area contributed by atoms with Gasteiger partial charge in [-0.3, -0.25) is 9.79 Å². The molecule has 1 aromatic rings. The van der Waals surface area contributed by atoms with Crippen LogP contribution in [0.25, 0.3) is 0 Å². The number of nitrogens with one attached hydrogen (secondary N) is 1. The van der Waals surface area contributed by atoms with Crippen molar-refractivity contribution in [1.29, 1.82) is 0 Å². The van der Waals surface area contributed by atoms with Crippen molar-refractivity contribution in [3.63, 3.8) is 0 Å². The quantitative estimate of drug-likeness (QED) is 0.625. The van der Waals surface area contributed by atoms with Gasteiger partial charge in [-0.05, 0) is 37.8 Å². The van der Waals surface area contributed by atoms with Gasteiger partial charge in [0.25, 0.3) is 0 Å². The fourth-order valence-electron chi connectivity index (χ4n) is 4.07. The average molecular weight is 386 g/mol. The standard InChI is InChI=1S/C22H35N5O/c1-3-23-22(24-12-11-21(28)27-13-7-8-19(2)18-27)26-16-14-25(15-17-26)20-9-5-4-6-10-20/h4-6,9-10,19H,3,7-8,11-18H2,1-2H3,(H,23,24). The van der Waals surface area contributed by atoms with Crippen LogP contribution in [0.2, 0.25) is 0 Å². The molecule has 0 saturated carbocycles. The SMILES string of the molecule is CCNC(=NCCC(=O)N1CCCC(C)C1)N1CCN(c2ccccc2)CC1. The number of para-hydroxylation sites is 1. The largest absolute Gasteiger partial charge is 0.368 e. The number of aliphatic imine (C=N–C) groups is 1. The van der Waals surface area contributed by atoms with Crippen LogP contribution in [0.1, 0.15) is 33.1 Å². The number of likely N-dealkylation sites (tertiary alicyclic amines) is 1. The highest BCUT2D eigenvalue weighted by Crippen LogP contribution is 2.17. The Morgan fingerprint density at radius 2 is 1.86 bits per heavy atom. The van der Waals surface area contributed by atoms with E-state index in [1.807, 2.05) is 4.90 Å². The van der Waals surface area contributed by atoms with Crippen LogP contribution in [-0.4, -0.2) is 74.0 Å². The molecule has 6 heteroatoms. The summed E-state index contributed by atoms with van der Waals surface area (Å²) < 4.78 is 0. The first-order chi connectivity index (χ1) is 13.7. The first kappa shape index (κ1) is 20.5. The molecule has 1 amide bonds. The van der Waals surface area contributed by atoms with E-state index in [4.69, 9.17) is 4.99 Å². The molecule has 28 heavy (non-hydrogen) atoms. The molecule has 2 saturated heterocycles. The zero-order valence-corrected chi connectivity index (χ0v) is 17.4. The van der Waals surface area contributed by atoms with Gasteiger partial charge in [0, 0.05) is 57.9 Å². The van der Waals surface area contributed by atoms with Gasteiger partial charge in [-0.2, -0.15) is 0 Å². The summed E-state index contributed by atoms with van der Waals surface area (Å²) in [6.45, 7) is 11.4. The van der Waals surface area contributed by atoms with Crippen LogP contribution in [-0.2, 0) is 4.79 Å². The van der Waals surface area contributed by atoms with E-state index in [1.54, 1.807) is 0 Å². The molecular formula is C22H35N5O. The molecule has 2 fully saturated rings. The molecule has 1 N–H and O–H groups in total. The maximum atomic E-state index is 12.5. The van der Waals surface area contributed by atoms with E-state index in [2.05, 4.69) is 59.3 Å². The molecule has 1 aromatic carbocycles. The number of amides is 1. The van der Waals surface area contributed by atoms with Crippen molar-refractivity contribution < 1.29 is 4.79 Å². The van der Waals surface area contributed by atoms with Gasteiger partial charge in [-0.25, -0.2) is 0 Å². The zero-order valence-electron chi connectivity index (χ0n) is 17.4. The van der Waals surface area contributed by atoms with Gasteiger partial charge in [0.1, 0.15) is 0 Å². The summed E-state index contributed by atoms with van der Waals surface area (Å²) in [7, 11) is 0. The highest BCUT2D eigenvalue weighted by molar-refractivity contribution is 5.81. The Kier molecular flexibility index (Phi) is 7.57. The number of carbonyl (C=O) groups excluding carboxylic acids is 1. The minimum atomic E-state index is 0.250. The molecule has 0 bridgehead atoms. The second kappa shape index (κ2) is 10.3. The number of hydrogen-bond acceptors (Lipinski definition) is 3. The van der Waals surface area contributed by atoms with Crippen molar-refractivity contribution in [1.82, 2.24) is 15.1 Å². The molecule has 0 spiro atoms. The van der Waals surface area contributed by atoms with Crippen LogP contribution in [0.15, 0.2) is 35.3 Å². The number of guanidine groups is 1. The van der Waals surface area contributed by atoms with Crippen molar-refractivity contribution in [2.45, 2.75) is 33.1 Å². The average Bonchev–Trinajstić information content (AvgIpc) is 2.74. The minimum absolute atomic E-state index is 0.250. The number of carbonyl (C=O) groups is 1. The van der Waals surface area contributed by atoms with E-state index in [-0.39, 0.29) is 5.91 Å². The van der Waals surface area contributed by atoms with Crippen LogP contribution >= 0.6 is 0 Å². The lowest BCUT2D eigenvalue weighted by molar-refractivity contribution is -0.132. The number of rotatable bonds is 5. The van der Waals surface area contributed by atoms with Crippen LogP contribution in [0, 0.1) is 5.92 Å². The van der Waals surface area contributed by atoms with Gasteiger partial charge in [0.05, 0.1) is 6.54 Å². The molecule has 3 rings (SSSR count). The molecule has 2 aliphatic heterocycles. The van der Waals surface area contributed by atoms with E-state index in [0.29, 0.717) is 18.9 Å². The van der Waals surface area contributed by atoms with Crippen molar-refractivity contribution in [2.24, 2.45) is 10.9 Å². The van der Waals surface area contributed by atoms with E-state index in [9.17, 15) is 4.79 Å². The highest BCUT2D eigenvalue weighted by Gasteiger charge is 2.22. The van der Waals surface area contributed by atoms with Crippen LogP contribution in [0.5, 0.6) is 0 Å². The number of hydrogen-bond donors (Lipinski definition) is 1. The molecule has 6 nitrogen and oxygen atoms in total. The Balaban J connectivity index is 1.49. The number of piperazine rings is 1. The first-order valence-corrected chi connectivity index (χ1v) is 10.8. The second-order valence-electron chi connectivity index (χ2n) is 7.88. The van der Waals surface area contributed by atoms with E-state index in [0.717, 1.165) is 58.2 Å². The van der Waals surface area contributed by atoms with Gasteiger partial charge < -0.3 is 20.0 Å². The maximum Gasteiger partial charge on any atom is 0.224 e. The predicted octanol–water partition coefficient (Wildman–Crippen LogP) is 2.42. The molecule has 2 aliphatic rings. The summed E-state index contributed by atoms with van der Waals surface area (Å²) in [6.07, 6.45) is 2.87. The van der Waals surface area contributed by atoms with Crippen molar-refractivity contribution in [2.75, 3.05) is 57.3 Å². The number of benzene rings is 1. The molecule has 154 valence electrons. The van der Waals surface area contributed by atoms with Gasteiger partial charge >= 0.3 is 0 Å². The third-order valence-corrected chi connectivity index (χ3v) is 5.63. The van der Waals surface area contributed by atoms with Crippen molar-refractivity contribution in [3.05, 3.63) is 30.3 Å². The molecule has 1 unspecified atom stereocenters. The summed E-state index contributed by atoms with van der Waals surface area (Å²) in [5.41, 5.74) is 1.28. The summed E-state index contributed by atoms with van der Waals surface area (Å²) in [5.74, 6) is 1.81. The fraction of sp³-hybridized carbons (Fsp3) is 0.636. The normalized spacial score (nSPS) is 21.0. The zero-order chi connectivity index (χ0) is 19.8. The Morgan fingerprint density at radius 1 is 1.11 bits per heavy atom. The van der Waals surface area contributed by atoms with Crippen molar-refractivity contribution in [3.8, 4) is 0 Å². The highest BCUT2D eigenvalue weighted by atomic mass is 16.2. The number of nitrogens with zero attached hydrogens (tertiary/aromatic N) is 4. The van der Waals surface area contributed by atoms with Gasteiger partial charge in [-0.15, -0.1) is 0 Å². The molecule has 0 aliphatic carbocycles. The second-order valence-corrected chi connectivity index (χ2v) is 7.88. The first-order valence-electron chi connectivity index (χ1n) is 10.8. The van der Waals surface area contributed by atoms with E-state index in [1.165, 1.54) is 12.1 Å². The lowest BCUT2D eigenvalue weighted by atomic mass is 10.00. The van der Waals surface area contributed by atoms with Crippen LogP contribution in [0.4, 0.5) is 5.69 Å².